The van der Waals surface area contributed by atoms with E-state index in [1.54, 1.807) is 68.2 Å². The predicted molar refractivity (Wildman–Crippen MR) is 520 cm³/mol. The van der Waals surface area contributed by atoms with Crippen LogP contribution in [0.15, 0.2) is 287 Å². The number of benzene rings is 8. The molecule has 20 rings (SSSR count). The highest BCUT2D eigenvalue weighted by molar-refractivity contribution is 6.32. The Hall–Kier alpha value is -15.1. The SMILES string of the molecule is CC[C@@H]1/C=C/COc2c(ccc(Cl)c2F)[C@@H](c2ccccc2)N2CN1C(=O)c1c(O)c(=O)ccn12.CC[C@@H]1/C=C/COc2c(ccc(Cl)c2F)[C@H](c2ccccc2)N2CN1C(=O)c1c(O)c(=O)ccn12.CC[C@H]1/C=C/COc2c(ccc(Cl)c2F)[C@@H](c2ccccc2)N2CN1C(=O)c1c(O)c(=O)ccn12.CC[C@H]1/C=C/COc2c(ccc(Cl)c2F)[C@H](c2ccccc2)N2CN1C(=O)c1c(O)c(=O)ccn12. The van der Waals surface area contributed by atoms with E-state index in [2.05, 4.69) is 0 Å². The molecule has 720 valence electrons. The highest BCUT2D eigenvalue weighted by Crippen LogP contribution is 2.47. The third-order valence-electron chi connectivity index (χ3n) is 25.5. The fraction of sp³-hybridized carbons (Fsp3) is 0.231. The van der Waals surface area contributed by atoms with Crippen molar-refractivity contribution in [3.05, 3.63) is 419 Å². The minimum Gasteiger partial charge on any atom is -0.502 e. The number of halogens is 8. The van der Waals surface area contributed by atoms with E-state index in [1.165, 1.54) is 92.0 Å². The number of nitrogens with zero attached hydrogens (tertiary/aromatic N) is 12. The van der Waals surface area contributed by atoms with Gasteiger partial charge in [0.05, 0.1) is 44.3 Å². The summed E-state index contributed by atoms with van der Waals surface area (Å²) in [6.07, 6.45) is 22.3. The van der Waals surface area contributed by atoms with Crippen molar-refractivity contribution in [3.8, 4) is 46.0 Å². The molecular formula is C104H92Cl4F4N12O16. The molecule has 36 heteroatoms. The van der Waals surface area contributed by atoms with Gasteiger partial charge in [-0.1, -0.05) is 244 Å². The van der Waals surface area contributed by atoms with Crippen molar-refractivity contribution in [1.82, 2.24) is 38.3 Å². The second kappa shape index (κ2) is 41.3. The molecule has 4 aromatic heterocycles. The molecule has 28 nitrogen and oxygen atoms in total. The second-order valence-electron chi connectivity index (χ2n) is 33.5. The molecule has 8 aliphatic rings. The number of hydrogen-bond donors (Lipinski definition) is 4. The number of fused-ring (bicyclic) bond motifs is 20. The van der Waals surface area contributed by atoms with Crippen LogP contribution in [0.5, 0.6) is 46.0 Å². The third kappa shape index (κ3) is 18.2. The topological polar surface area (TPSA) is 300 Å². The van der Waals surface area contributed by atoms with Gasteiger partial charge in [0.2, 0.25) is 21.7 Å². The second-order valence-corrected chi connectivity index (χ2v) is 35.2. The summed E-state index contributed by atoms with van der Waals surface area (Å²) in [5.74, 6) is -7.14. The van der Waals surface area contributed by atoms with Gasteiger partial charge >= 0.3 is 0 Å². The molecule has 140 heavy (non-hydrogen) atoms. The first-order valence-electron chi connectivity index (χ1n) is 45.1. The van der Waals surface area contributed by atoms with Crippen molar-refractivity contribution in [3.63, 3.8) is 0 Å². The van der Waals surface area contributed by atoms with Crippen LogP contribution in [0.25, 0.3) is 0 Å². The molecule has 8 aliphatic heterocycles. The highest BCUT2D eigenvalue weighted by atomic mass is 35.5. The first-order valence-corrected chi connectivity index (χ1v) is 46.6. The van der Waals surface area contributed by atoms with Gasteiger partial charge in [-0.2, -0.15) is 0 Å². The van der Waals surface area contributed by atoms with Crippen LogP contribution in [0.1, 0.15) is 164 Å². The fourth-order valence-corrected chi connectivity index (χ4v) is 19.3. The number of carbonyl (C=O) groups excluding carboxylic acids is 4. The molecular weight excluding hydrogens is 1890 g/mol. The predicted octanol–water partition coefficient (Wildman–Crippen LogP) is 16.9. The number of aromatic nitrogens is 4. The van der Waals surface area contributed by atoms with Gasteiger partial charge in [-0.25, -0.2) is 17.6 Å². The summed E-state index contributed by atoms with van der Waals surface area (Å²) in [7, 11) is 0. The lowest BCUT2D eigenvalue weighted by Gasteiger charge is -2.45. The molecule has 0 fully saturated rings. The summed E-state index contributed by atoms with van der Waals surface area (Å²) >= 11 is 24.5. The van der Waals surface area contributed by atoms with Crippen LogP contribution in [-0.4, -0.2) is 160 Å². The van der Waals surface area contributed by atoms with Crippen LogP contribution in [0, 0.1) is 23.3 Å². The largest absolute Gasteiger partial charge is 0.502 e. The molecule has 0 spiro atoms. The molecule has 8 atom stereocenters. The zero-order chi connectivity index (χ0) is 98.8. The van der Waals surface area contributed by atoms with Gasteiger partial charge in [-0.3, -0.25) is 77.1 Å². The van der Waals surface area contributed by atoms with Crippen LogP contribution < -0.4 is 60.7 Å². The van der Waals surface area contributed by atoms with E-state index in [1.807, 2.05) is 193 Å². The van der Waals surface area contributed by atoms with Gasteiger partial charge in [0.15, 0.2) is 92.0 Å². The monoisotopic (exact) mass is 1980 g/mol. The maximum atomic E-state index is 15.3. The molecule has 0 saturated carbocycles. The van der Waals surface area contributed by atoms with E-state index >= 15 is 17.6 Å². The standard InChI is InChI=1S/4C26H23ClFN3O4/c4*1-2-17-9-6-14-35-25-18(10-11-19(27)21(25)28)22(16-7-4-3-5-8-16)31-15-29(17)26(34)23-24(33)20(32)12-13-30(23)31/h4*3-13,17,22,33H,2,14-15H2,1H3/b4*9-6+/t2*17-,22+;2*17-,22-/m1010/s1. The quantitative estimate of drug-likeness (QED) is 0.0811. The Labute approximate surface area is 819 Å². The number of ether oxygens (including phenoxy) is 4. The molecule has 0 radical (unpaired) electrons. The molecule has 4 amide bonds. The van der Waals surface area contributed by atoms with Crippen LogP contribution >= 0.6 is 46.4 Å². The Bertz CT molecular complexity index is 6340. The molecule has 4 N–H and O–H groups in total. The van der Waals surface area contributed by atoms with Crippen LogP contribution in [0.3, 0.4) is 0 Å². The van der Waals surface area contributed by atoms with Crippen LogP contribution in [-0.2, 0) is 0 Å². The lowest BCUT2D eigenvalue weighted by molar-refractivity contribution is 0.0618. The number of aromatic hydroxyl groups is 4. The summed E-state index contributed by atoms with van der Waals surface area (Å²) < 4.78 is 90.7. The van der Waals surface area contributed by atoms with E-state index < -0.39 is 116 Å². The van der Waals surface area contributed by atoms with Crippen molar-refractivity contribution >= 4 is 70.0 Å². The molecule has 0 saturated heterocycles. The first-order chi connectivity index (χ1) is 67.7. The molecule has 12 heterocycles. The zero-order valence-electron chi connectivity index (χ0n) is 75.6. The van der Waals surface area contributed by atoms with Gasteiger partial charge in [0.1, 0.15) is 77.3 Å². The maximum Gasteiger partial charge on any atom is 0.278 e. The Balaban J connectivity index is 0.000000129. The number of carbonyl (C=O) groups is 4. The van der Waals surface area contributed by atoms with Crippen molar-refractivity contribution in [1.29, 1.82) is 0 Å². The number of pyridine rings is 4. The van der Waals surface area contributed by atoms with Crippen molar-refractivity contribution in [2.24, 2.45) is 0 Å². The van der Waals surface area contributed by atoms with E-state index in [0.29, 0.717) is 47.9 Å². The van der Waals surface area contributed by atoms with Crippen molar-refractivity contribution < 1.29 is 76.1 Å². The molecule has 8 aromatic carbocycles. The van der Waals surface area contributed by atoms with E-state index in [4.69, 9.17) is 65.4 Å². The van der Waals surface area contributed by atoms with Gasteiger partial charge < -0.3 is 59.0 Å². The van der Waals surface area contributed by atoms with E-state index in [9.17, 15) is 58.8 Å². The van der Waals surface area contributed by atoms with Gasteiger partial charge in [0.25, 0.3) is 23.6 Å². The Kier molecular flexibility index (Phi) is 28.5. The maximum absolute atomic E-state index is 15.3. The average molecular weight is 1980 g/mol. The summed E-state index contributed by atoms with van der Waals surface area (Å²) in [6, 6.07) is 51.0. The molecule has 12 aromatic rings. The number of amides is 4. The highest BCUT2D eigenvalue weighted by Gasteiger charge is 2.47. The fourth-order valence-electron chi connectivity index (χ4n) is 18.7. The molecule has 0 aliphatic carbocycles. The summed E-state index contributed by atoms with van der Waals surface area (Å²) in [5.41, 5.74) is 1.90. The molecule has 0 unspecified atom stereocenters. The lowest BCUT2D eigenvalue weighted by atomic mass is 9.96. The van der Waals surface area contributed by atoms with Crippen LogP contribution in [0.2, 0.25) is 20.1 Å². The summed E-state index contributed by atoms with van der Waals surface area (Å²) in [5, 5.41) is 49.7. The number of hydrogen-bond acceptors (Lipinski definition) is 20. The Morgan fingerprint density at radius 1 is 0.286 bits per heavy atom. The van der Waals surface area contributed by atoms with Crippen LogP contribution in [0.4, 0.5) is 17.6 Å². The minimum absolute atomic E-state index is 0.00113. The normalized spacial score (nSPS) is 20.4. The Morgan fingerprint density at radius 3 is 0.664 bits per heavy atom. The lowest BCUT2D eigenvalue weighted by Crippen LogP contribution is -2.57. The summed E-state index contributed by atoms with van der Waals surface area (Å²) in [6.45, 7) is 8.46. The van der Waals surface area contributed by atoms with Crippen molar-refractivity contribution in [2.75, 3.05) is 73.1 Å². The Morgan fingerprint density at radius 2 is 0.479 bits per heavy atom. The zero-order valence-corrected chi connectivity index (χ0v) is 78.6. The first kappa shape index (κ1) is 96.6. The van der Waals surface area contributed by atoms with E-state index in [0.717, 1.165) is 22.3 Å². The van der Waals surface area contributed by atoms with E-state index in [-0.39, 0.29) is 143 Å². The minimum atomic E-state index is -0.683. The number of rotatable bonds is 8. The van der Waals surface area contributed by atoms with Gasteiger partial charge in [0, 0.05) is 71.3 Å². The average Bonchev–Trinajstić information content (AvgIpc) is 0.958. The smallest absolute Gasteiger partial charge is 0.278 e. The van der Waals surface area contributed by atoms with Gasteiger partial charge in [-0.05, 0) is 96.5 Å². The summed E-state index contributed by atoms with van der Waals surface area (Å²) in [4.78, 5) is 110. The van der Waals surface area contributed by atoms with Crippen molar-refractivity contribution in [2.45, 2.75) is 102 Å². The molecule has 8 bridgehead atoms. The third-order valence-corrected chi connectivity index (χ3v) is 26.7. The van der Waals surface area contributed by atoms with Gasteiger partial charge in [-0.15, -0.1) is 0 Å².